The number of alkyl halides is 3. The van der Waals surface area contributed by atoms with Crippen LogP contribution < -0.4 is 0 Å². The summed E-state index contributed by atoms with van der Waals surface area (Å²) in [6.45, 7) is 0. The Kier molecular flexibility index (Phi) is 3.73. The van der Waals surface area contributed by atoms with Gasteiger partial charge in [0.2, 0.25) is 11.8 Å². The lowest BCUT2D eigenvalue weighted by Gasteiger charge is -2.06. The molecule has 1 heterocycles. The summed E-state index contributed by atoms with van der Waals surface area (Å²) in [4.78, 5) is 10.4. The van der Waals surface area contributed by atoms with Crippen LogP contribution >= 0.6 is 0 Å². The number of aromatic nitrogens is 2. The lowest BCUT2D eigenvalue weighted by Crippen LogP contribution is -2.04. The zero-order valence-electron chi connectivity index (χ0n) is 10.0. The van der Waals surface area contributed by atoms with Gasteiger partial charge in [0.15, 0.2) is 0 Å². The second-order valence-corrected chi connectivity index (χ2v) is 3.97. The van der Waals surface area contributed by atoms with Gasteiger partial charge < -0.3 is 9.52 Å². The summed E-state index contributed by atoms with van der Waals surface area (Å²) in [7, 11) is 0. The highest BCUT2D eigenvalue weighted by atomic mass is 19.4. The highest BCUT2D eigenvalue weighted by Gasteiger charge is 2.30. The SMILES string of the molecule is O=C(O)CCc1nnc(-c2cccc(C(F)(F)F)c2)o1. The van der Waals surface area contributed by atoms with Crippen molar-refractivity contribution in [3.8, 4) is 11.5 Å². The summed E-state index contributed by atoms with van der Waals surface area (Å²) in [6.07, 6.45) is -4.62. The number of carbonyl (C=O) groups is 1. The maximum Gasteiger partial charge on any atom is 0.416 e. The molecule has 1 N–H and O–H groups in total. The Bertz CT molecular complexity index is 622. The average Bonchev–Trinajstić information content (AvgIpc) is 2.84. The van der Waals surface area contributed by atoms with Crippen molar-refractivity contribution in [2.45, 2.75) is 19.0 Å². The van der Waals surface area contributed by atoms with Crippen molar-refractivity contribution in [3.63, 3.8) is 0 Å². The number of nitrogens with zero attached hydrogens (tertiary/aromatic N) is 2. The van der Waals surface area contributed by atoms with E-state index >= 15 is 0 Å². The van der Waals surface area contributed by atoms with Crippen molar-refractivity contribution in [3.05, 3.63) is 35.7 Å². The second kappa shape index (κ2) is 5.32. The molecule has 0 saturated carbocycles. The van der Waals surface area contributed by atoms with E-state index in [0.717, 1.165) is 12.1 Å². The first-order valence-electron chi connectivity index (χ1n) is 5.58. The molecule has 0 spiro atoms. The summed E-state index contributed by atoms with van der Waals surface area (Å²) in [5.41, 5.74) is -0.686. The third kappa shape index (κ3) is 3.34. The van der Waals surface area contributed by atoms with Gasteiger partial charge in [-0.15, -0.1) is 10.2 Å². The van der Waals surface area contributed by atoms with Crippen LogP contribution in [0.1, 0.15) is 17.9 Å². The maximum atomic E-state index is 12.6. The molecule has 0 unspecified atom stereocenters. The van der Waals surface area contributed by atoms with Crippen LogP contribution in [0.15, 0.2) is 28.7 Å². The highest BCUT2D eigenvalue weighted by molar-refractivity contribution is 5.66. The number of benzene rings is 1. The number of halogens is 3. The van der Waals surface area contributed by atoms with Crippen molar-refractivity contribution in [1.29, 1.82) is 0 Å². The Morgan fingerprint density at radius 3 is 2.70 bits per heavy atom. The van der Waals surface area contributed by atoms with Crippen molar-refractivity contribution < 1.29 is 27.5 Å². The molecule has 0 aliphatic rings. The van der Waals surface area contributed by atoms with Crippen LogP contribution in [0.4, 0.5) is 13.2 Å². The van der Waals surface area contributed by atoms with E-state index in [1.165, 1.54) is 12.1 Å². The quantitative estimate of drug-likeness (QED) is 0.935. The van der Waals surface area contributed by atoms with Gasteiger partial charge in [-0.1, -0.05) is 6.07 Å². The molecule has 0 bridgehead atoms. The van der Waals surface area contributed by atoms with Gasteiger partial charge in [-0.2, -0.15) is 13.2 Å². The van der Waals surface area contributed by atoms with E-state index in [1.54, 1.807) is 0 Å². The summed E-state index contributed by atoms with van der Waals surface area (Å²) >= 11 is 0. The van der Waals surface area contributed by atoms with E-state index in [9.17, 15) is 18.0 Å². The van der Waals surface area contributed by atoms with Gasteiger partial charge in [0.25, 0.3) is 0 Å². The zero-order valence-corrected chi connectivity index (χ0v) is 10.0. The Labute approximate surface area is 111 Å². The Morgan fingerprint density at radius 1 is 1.30 bits per heavy atom. The Balaban J connectivity index is 2.22. The van der Waals surface area contributed by atoms with Crippen LogP contribution in [0.5, 0.6) is 0 Å². The van der Waals surface area contributed by atoms with E-state index in [1.807, 2.05) is 0 Å². The summed E-state index contributed by atoms with van der Waals surface area (Å²) in [5.74, 6) is -1.03. The number of aryl methyl sites for hydroxylation is 1. The molecular formula is C12H9F3N2O3. The van der Waals surface area contributed by atoms with Gasteiger partial charge in [-0.25, -0.2) is 0 Å². The number of hydrogen-bond acceptors (Lipinski definition) is 4. The molecule has 20 heavy (non-hydrogen) atoms. The molecule has 2 rings (SSSR count). The first-order chi connectivity index (χ1) is 9.36. The van der Waals surface area contributed by atoms with Crippen LogP contribution in [0.25, 0.3) is 11.5 Å². The van der Waals surface area contributed by atoms with Crippen LogP contribution in [0.2, 0.25) is 0 Å². The third-order valence-electron chi connectivity index (χ3n) is 2.46. The molecule has 1 aromatic carbocycles. The molecule has 0 fully saturated rings. The van der Waals surface area contributed by atoms with Crippen molar-refractivity contribution in [2.75, 3.05) is 0 Å². The van der Waals surface area contributed by atoms with Gasteiger partial charge in [0, 0.05) is 12.0 Å². The minimum absolute atomic E-state index is 0.0291. The predicted octanol–water partition coefficient (Wildman–Crippen LogP) is 2.77. The second-order valence-electron chi connectivity index (χ2n) is 3.97. The Hall–Kier alpha value is -2.38. The summed E-state index contributed by atoms with van der Waals surface area (Å²) < 4.78 is 42.8. The molecule has 2 aromatic rings. The maximum absolute atomic E-state index is 12.6. The molecule has 0 aliphatic heterocycles. The lowest BCUT2D eigenvalue weighted by molar-refractivity contribution is -0.138. The van der Waals surface area contributed by atoms with Crippen molar-refractivity contribution >= 4 is 5.97 Å². The first-order valence-corrected chi connectivity index (χ1v) is 5.58. The number of carboxylic acids is 1. The highest BCUT2D eigenvalue weighted by Crippen LogP contribution is 2.31. The zero-order chi connectivity index (χ0) is 14.8. The molecule has 0 aliphatic carbocycles. The number of rotatable bonds is 4. The van der Waals surface area contributed by atoms with Gasteiger partial charge in [0.05, 0.1) is 12.0 Å². The minimum atomic E-state index is -4.46. The number of hydrogen-bond donors (Lipinski definition) is 1. The van der Waals surface area contributed by atoms with Crippen LogP contribution in [-0.4, -0.2) is 21.3 Å². The summed E-state index contributed by atoms with van der Waals surface area (Å²) in [6, 6.07) is 4.47. The Morgan fingerprint density at radius 2 is 2.05 bits per heavy atom. The van der Waals surface area contributed by atoms with Crippen LogP contribution in [-0.2, 0) is 17.4 Å². The minimum Gasteiger partial charge on any atom is -0.481 e. The molecule has 0 radical (unpaired) electrons. The smallest absolute Gasteiger partial charge is 0.416 e. The predicted molar refractivity (Wildman–Crippen MR) is 60.7 cm³/mol. The monoisotopic (exact) mass is 286 g/mol. The topological polar surface area (TPSA) is 76.2 Å². The van der Waals surface area contributed by atoms with E-state index in [2.05, 4.69) is 10.2 Å². The number of aliphatic carboxylic acids is 1. The van der Waals surface area contributed by atoms with E-state index in [0.29, 0.717) is 0 Å². The largest absolute Gasteiger partial charge is 0.481 e. The van der Waals surface area contributed by atoms with Gasteiger partial charge >= 0.3 is 12.1 Å². The lowest BCUT2D eigenvalue weighted by atomic mass is 10.1. The van der Waals surface area contributed by atoms with Gasteiger partial charge in [-0.3, -0.25) is 4.79 Å². The molecule has 0 saturated heterocycles. The van der Waals surface area contributed by atoms with Crippen LogP contribution in [0.3, 0.4) is 0 Å². The van der Waals surface area contributed by atoms with Crippen molar-refractivity contribution in [1.82, 2.24) is 10.2 Å². The normalized spacial score (nSPS) is 11.6. The van der Waals surface area contributed by atoms with Gasteiger partial charge in [0.1, 0.15) is 0 Å². The van der Waals surface area contributed by atoms with Gasteiger partial charge in [-0.05, 0) is 18.2 Å². The molecule has 0 atom stereocenters. The molecule has 8 heteroatoms. The fraction of sp³-hybridized carbons (Fsp3) is 0.250. The fourth-order valence-corrected chi connectivity index (χ4v) is 1.51. The van der Waals surface area contributed by atoms with E-state index < -0.39 is 17.7 Å². The average molecular weight is 286 g/mol. The molecule has 106 valence electrons. The molecule has 5 nitrogen and oxygen atoms in total. The van der Waals surface area contributed by atoms with E-state index in [-0.39, 0.29) is 30.2 Å². The molecular weight excluding hydrogens is 277 g/mol. The van der Waals surface area contributed by atoms with Crippen molar-refractivity contribution in [2.24, 2.45) is 0 Å². The third-order valence-corrected chi connectivity index (χ3v) is 2.46. The first kappa shape index (κ1) is 14.0. The van der Waals surface area contributed by atoms with E-state index in [4.69, 9.17) is 9.52 Å². The number of carboxylic acid groups (broad SMARTS) is 1. The summed E-state index contributed by atoms with van der Waals surface area (Å²) in [5, 5.41) is 15.7. The molecule has 1 aromatic heterocycles. The standard InChI is InChI=1S/C12H9F3N2O3/c13-12(14,15)8-3-1-2-7(6-8)11-17-16-9(20-11)4-5-10(18)19/h1-3,6H,4-5H2,(H,18,19). The molecule has 0 amide bonds. The van der Waals surface area contributed by atoms with Crippen LogP contribution in [0, 0.1) is 0 Å². The fourth-order valence-electron chi connectivity index (χ4n) is 1.51.